The van der Waals surface area contributed by atoms with Gasteiger partial charge in [-0.1, -0.05) is 13.8 Å². The van der Waals surface area contributed by atoms with E-state index < -0.39 is 0 Å². The predicted molar refractivity (Wildman–Crippen MR) is 124 cm³/mol. The van der Waals surface area contributed by atoms with Crippen LogP contribution in [0.15, 0.2) is 23.1 Å². The number of carbonyl (C=O) groups excluding carboxylic acids is 3. The molecule has 2 aliphatic rings. The Morgan fingerprint density at radius 1 is 1.26 bits per heavy atom. The van der Waals surface area contributed by atoms with Gasteiger partial charge < -0.3 is 20.4 Å². The molecule has 0 aromatic heterocycles. The quantitative estimate of drug-likeness (QED) is 0.702. The number of nitrogens with zero attached hydrogens (tertiary/aromatic N) is 2. The fourth-order valence-corrected chi connectivity index (χ4v) is 5.20. The van der Waals surface area contributed by atoms with Crippen LogP contribution in [-0.2, 0) is 9.59 Å². The van der Waals surface area contributed by atoms with Crippen LogP contribution in [0, 0.1) is 11.3 Å². The predicted octanol–water partition coefficient (Wildman–Crippen LogP) is 2.68. The van der Waals surface area contributed by atoms with E-state index in [2.05, 4.69) is 29.4 Å². The molecule has 2 aliphatic heterocycles. The summed E-state index contributed by atoms with van der Waals surface area (Å²) in [6.07, 6.45) is 1.82. The molecule has 31 heavy (non-hydrogen) atoms. The molecule has 1 fully saturated rings. The lowest BCUT2D eigenvalue weighted by atomic mass is 9.91. The highest BCUT2D eigenvalue weighted by Gasteiger charge is 2.29. The summed E-state index contributed by atoms with van der Waals surface area (Å²) in [5, 5.41) is 6.00. The first kappa shape index (κ1) is 23.6. The van der Waals surface area contributed by atoms with Gasteiger partial charge in [-0.05, 0) is 50.6 Å². The van der Waals surface area contributed by atoms with Crippen molar-refractivity contribution in [2.45, 2.75) is 38.0 Å². The van der Waals surface area contributed by atoms with Crippen molar-refractivity contribution in [1.29, 1.82) is 0 Å². The molecule has 1 aromatic rings. The van der Waals surface area contributed by atoms with Crippen LogP contribution < -0.4 is 10.6 Å². The summed E-state index contributed by atoms with van der Waals surface area (Å²) in [6, 6.07) is 5.52. The number of nitrogens with one attached hydrogen (secondary N) is 2. The van der Waals surface area contributed by atoms with Crippen molar-refractivity contribution in [3.05, 3.63) is 23.8 Å². The zero-order valence-electron chi connectivity index (χ0n) is 19.0. The lowest BCUT2D eigenvalue weighted by Gasteiger charge is -2.33. The van der Waals surface area contributed by atoms with Crippen LogP contribution in [0.1, 0.15) is 43.5 Å². The molecule has 3 rings (SSSR count). The van der Waals surface area contributed by atoms with Crippen LogP contribution in [0.5, 0.6) is 0 Å². The number of carbonyl (C=O) groups is 3. The zero-order chi connectivity index (χ0) is 22.6. The van der Waals surface area contributed by atoms with Crippen molar-refractivity contribution < 1.29 is 14.4 Å². The molecule has 0 spiro atoms. The number of rotatable bonds is 6. The maximum atomic E-state index is 13.0. The normalized spacial score (nSPS) is 17.7. The van der Waals surface area contributed by atoms with E-state index in [1.807, 2.05) is 31.1 Å². The van der Waals surface area contributed by atoms with Crippen LogP contribution in [0.3, 0.4) is 0 Å². The third kappa shape index (κ3) is 6.46. The van der Waals surface area contributed by atoms with Gasteiger partial charge in [0.25, 0.3) is 5.91 Å². The number of thioether (sulfide) groups is 1. The van der Waals surface area contributed by atoms with E-state index in [0.29, 0.717) is 50.1 Å². The highest BCUT2D eigenvalue weighted by atomic mass is 32.2. The molecule has 0 bridgehead atoms. The summed E-state index contributed by atoms with van der Waals surface area (Å²) in [6.45, 7) is 6.97. The Morgan fingerprint density at radius 3 is 2.65 bits per heavy atom. The summed E-state index contributed by atoms with van der Waals surface area (Å²) in [7, 11) is 4.07. The van der Waals surface area contributed by atoms with Gasteiger partial charge in [-0.15, -0.1) is 11.8 Å². The smallest absolute Gasteiger partial charge is 0.253 e. The summed E-state index contributed by atoms with van der Waals surface area (Å²) in [5.41, 5.74) is 1.30. The van der Waals surface area contributed by atoms with E-state index in [1.165, 1.54) is 0 Å². The average Bonchev–Trinajstić information content (AvgIpc) is 2.90. The van der Waals surface area contributed by atoms with Gasteiger partial charge in [-0.25, -0.2) is 0 Å². The second kappa shape index (κ2) is 10.0. The number of anilines is 1. The third-order valence-electron chi connectivity index (χ3n) is 5.73. The van der Waals surface area contributed by atoms with E-state index in [0.717, 1.165) is 17.2 Å². The van der Waals surface area contributed by atoms with E-state index in [4.69, 9.17) is 0 Å². The Kier molecular flexibility index (Phi) is 7.64. The van der Waals surface area contributed by atoms with E-state index in [9.17, 15) is 14.4 Å². The monoisotopic (exact) mass is 446 g/mol. The summed E-state index contributed by atoms with van der Waals surface area (Å²) < 4.78 is 0. The first-order chi connectivity index (χ1) is 14.6. The van der Waals surface area contributed by atoms with Crippen LogP contribution in [-0.4, -0.2) is 73.5 Å². The molecular formula is C23H34N4O3S. The van der Waals surface area contributed by atoms with Gasteiger partial charge in [-0.2, -0.15) is 0 Å². The average molecular weight is 447 g/mol. The number of fused-ring (bicyclic) bond motifs is 1. The van der Waals surface area contributed by atoms with E-state index >= 15 is 0 Å². The van der Waals surface area contributed by atoms with Gasteiger partial charge in [0.05, 0.1) is 5.69 Å². The topological polar surface area (TPSA) is 81.8 Å². The van der Waals surface area contributed by atoms with Crippen LogP contribution in [0.2, 0.25) is 0 Å². The molecule has 7 nitrogen and oxygen atoms in total. The molecule has 0 saturated carbocycles. The minimum absolute atomic E-state index is 0.00879. The summed E-state index contributed by atoms with van der Waals surface area (Å²) in [5.74, 6) is 0.716. The minimum atomic E-state index is -0.0538. The molecular weight excluding hydrogens is 412 g/mol. The molecule has 8 heteroatoms. The fourth-order valence-electron chi connectivity index (χ4n) is 4.26. The number of hydrogen-bond acceptors (Lipinski definition) is 5. The highest BCUT2D eigenvalue weighted by Crippen LogP contribution is 2.32. The van der Waals surface area contributed by atoms with Crippen LogP contribution in [0.25, 0.3) is 0 Å². The summed E-state index contributed by atoms with van der Waals surface area (Å²) in [4.78, 5) is 42.4. The second-order valence-corrected chi connectivity index (χ2v) is 10.7. The minimum Gasteiger partial charge on any atom is -0.355 e. The SMILES string of the molecule is CN(C)CC(C)(C)CNC(=O)C1CCN(C(=O)c2ccc3c(c2)NC(=O)CCS3)CC1. The molecule has 1 aromatic carbocycles. The highest BCUT2D eigenvalue weighted by molar-refractivity contribution is 7.99. The standard InChI is InChI=1S/C23H34N4O3S/c1-23(2,15-26(3)4)14-24-21(29)16-7-10-27(11-8-16)22(30)17-5-6-19-18(13-17)25-20(28)9-12-31-19/h5-6,13,16H,7-12,14-15H2,1-4H3,(H,24,29)(H,25,28). The van der Waals surface area contributed by atoms with Crippen molar-refractivity contribution in [2.24, 2.45) is 11.3 Å². The fraction of sp³-hybridized carbons (Fsp3) is 0.609. The van der Waals surface area contributed by atoms with Crippen molar-refractivity contribution in [2.75, 3.05) is 51.3 Å². The Hall–Kier alpha value is -2.06. The molecule has 3 amide bonds. The number of benzene rings is 1. The van der Waals surface area contributed by atoms with E-state index in [1.54, 1.807) is 17.8 Å². The number of amides is 3. The van der Waals surface area contributed by atoms with Gasteiger partial charge in [0, 0.05) is 54.7 Å². The molecule has 0 unspecified atom stereocenters. The molecule has 2 heterocycles. The van der Waals surface area contributed by atoms with E-state index in [-0.39, 0.29) is 29.1 Å². The molecule has 0 aliphatic carbocycles. The Bertz CT molecular complexity index is 832. The second-order valence-electron chi connectivity index (χ2n) is 9.54. The Balaban J connectivity index is 1.53. The zero-order valence-corrected chi connectivity index (χ0v) is 19.8. The molecule has 0 atom stereocenters. The van der Waals surface area contributed by atoms with Crippen molar-refractivity contribution in [1.82, 2.24) is 15.1 Å². The molecule has 1 saturated heterocycles. The first-order valence-electron chi connectivity index (χ1n) is 10.9. The van der Waals surface area contributed by atoms with Gasteiger partial charge in [0.1, 0.15) is 0 Å². The molecule has 0 radical (unpaired) electrons. The van der Waals surface area contributed by atoms with Gasteiger partial charge in [-0.3, -0.25) is 14.4 Å². The molecule has 2 N–H and O–H groups in total. The summed E-state index contributed by atoms with van der Waals surface area (Å²) >= 11 is 1.63. The number of likely N-dealkylation sites (tertiary alicyclic amines) is 1. The van der Waals surface area contributed by atoms with Gasteiger partial charge in [0.15, 0.2) is 0 Å². The largest absolute Gasteiger partial charge is 0.355 e. The number of piperidine rings is 1. The van der Waals surface area contributed by atoms with Crippen LogP contribution in [0.4, 0.5) is 5.69 Å². The van der Waals surface area contributed by atoms with Gasteiger partial charge >= 0.3 is 0 Å². The van der Waals surface area contributed by atoms with Crippen molar-refractivity contribution in [3.63, 3.8) is 0 Å². The van der Waals surface area contributed by atoms with Crippen molar-refractivity contribution in [3.8, 4) is 0 Å². The first-order valence-corrected chi connectivity index (χ1v) is 11.9. The lowest BCUT2D eigenvalue weighted by molar-refractivity contribution is -0.126. The Labute approximate surface area is 189 Å². The molecule has 170 valence electrons. The maximum absolute atomic E-state index is 13.0. The third-order valence-corrected chi connectivity index (χ3v) is 6.80. The van der Waals surface area contributed by atoms with Gasteiger partial charge in [0.2, 0.25) is 11.8 Å². The maximum Gasteiger partial charge on any atom is 0.253 e. The lowest BCUT2D eigenvalue weighted by Crippen LogP contribution is -2.46. The van der Waals surface area contributed by atoms with Crippen molar-refractivity contribution >= 4 is 35.2 Å². The number of hydrogen-bond donors (Lipinski definition) is 2. The Morgan fingerprint density at radius 2 is 1.97 bits per heavy atom. The van der Waals surface area contributed by atoms with Crippen LogP contribution >= 0.6 is 11.8 Å².